The van der Waals surface area contributed by atoms with Crippen molar-refractivity contribution in [2.24, 2.45) is 0 Å². The molecule has 150 valence electrons. The van der Waals surface area contributed by atoms with Crippen LogP contribution in [0.4, 0.5) is 11.5 Å². The Balaban J connectivity index is 1.58. The Bertz CT molecular complexity index is 816. The second kappa shape index (κ2) is 9.01. The molecule has 3 rings (SSSR count). The molecule has 1 aromatic carbocycles. The van der Waals surface area contributed by atoms with Gasteiger partial charge < -0.3 is 10.2 Å². The topological polar surface area (TPSA) is 61.4 Å². The molecule has 6 nitrogen and oxygen atoms in total. The van der Waals surface area contributed by atoms with Crippen LogP contribution in [-0.4, -0.2) is 53.0 Å². The molecule has 1 aromatic heterocycles. The summed E-state index contributed by atoms with van der Waals surface area (Å²) in [5, 5.41) is 3.00. The van der Waals surface area contributed by atoms with Gasteiger partial charge in [0.1, 0.15) is 11.6 Å². The summed E-state index contributed by atoms with van der Waals surface area (Å²) in [6.07, 6.45) is 0. The Morgan fingerprint density at radius 1 is 1.07 bits per heavy atom. The van der Waals surface area contributed by atoms with Crippen molar-refractivity contribution in [3.63, 3.8) is 0 Å². The number of halogens is 1. The summed E-state index contributed by atoms with van der Waals surface area (Å²) < 4.78 is 0.996. The van der Waals surface area contributed by atoms with E-state index in [0.717, 1.165) is 53.7 Å². The highest BCUT2D eigenvalue weighted by Gasteiger charge is 2.26. The van der Waals surface area contributed by atoms with Gasteiger partial charge in [-0.05, 0) is 38.1 Å². The lowest BCUT2D eigenvalue weighted by atomic mass is 10.2. The first-order valence-corrected chi connectivity index (χ1v) is 10.5. The number of anilines is 2. The number of aromatic nitrogens is 2. The summed E-state index contributed by atoms with van der Waals surface area (Å²) in [6.45, 7) is 11.6. The number of nitrogens with zero attached hydrogens (tertiary/aromatic N) is 4. The number of piperazine rings is 1. The quantitative estimate of drug-likeness (QED) is 0.757. The SMILES string of the molecule is Cc1cc(N2CCN([C@H](C)C(=O)Nc3ccc(Br)cc3)CC2)nc(C(C)C)n1. The third-order valence-corrected chi connectivity index (χ3v) is 5.58. The lowest BCUT2D eigenvalue weighted by Crippen LogP contribution is -2.53. The lowest BCUT2D eigenvalue weighted by molar-refractivity contribution is -0.120. The highest BCUT2D eigenvalue weighted by Crippen LogP contribution is 2.20. The zero-order valence-corrected chi connectivity index (χ0v) is 18.5. The first-order chi connectivity index (χ1) is 13.3. The van der Waals surface area contributed by atoms with E-state index in [1.165, 1.54) is 0 Å². The fourth-order valence-electron chi connectivity index (χ4n) is 3.28. The molecule has 1 N–H and O–H groups in total. The first kappa shape index (κ1) is 20.7. The Hall–Kier alpha value is -1.99. The molecule has 0 radical (unpaired) electrons. The third kappa shape index (κ3) is 5.08. The van der Waals surface area contributed by atoms with Crippen molar-refractivity contribution in [3.05, 3.63) is 46.3 Å². The molecule has 0 saturated carbocycles. The minimum atomic E-state index is -0.177. The Morgan fingerprint density at radius 3 is 2.32 bits per heavy atom. The minimum Gasteiger partial charge on any atom is -0.354 e. The maximum Gasteiger partial charge on any atom is 0.241 e. The van der Waals surface area contributed by atoms with Crippen LogP contribution in [0.1, 0.15) is 38.2 Å². The second-order valence-corrected chi connectivity index (χ2v) is 8.49. The average Bonchev–Trinajstić information content (AvgIpc) is 2.68. The van der Waals surface area contributed by atoms with E-state index in [4.69, 9.17) is 4.98 Å². The lowest BCUT2D eigenvalue weighted by Gasteiger charge is -2.38. The van der Waals surface area contributed by atoms with E-state index in [2.05, 4.69) is 49.9 Å². The minimum absolute atomic E-state index is 0.0238. The number of nitrogens with one attached hydrogen (secondary N) is 1. The molecule has 0 bridgehead atoms. The fourth-order valence-corrected chi connectivity index (χ4v) is 3.54. The summed E-state index contributed by atoms with van der Waals surface area (Å²) >= 11 is 3.41. The molecule has 1 aliphatic rings. The highest BCUT2D eigenvalue weighted by molar-refractivity contribution is 9.10. The molecule has 0 aliphatic carbocycles. The van der Waals surface area contributed by atoms with Gasteiger partial charge in [0.15, 0.2) is 0 Å². The first-order valence-electron chi connectivity index (χ1n) is 9.74. The van der Waals surface area contributed by atoms with E-state index in [9.17, 15) is 4.79 Å². The Labute approximate surface area is 175 Å². The van der Waals surface area contributed by atoms with Gasteiger partial charge in [-0.15, -0.1) is 0 Å². The summed E-state index contributed by atoms with van der Waals surface area (Å²) in [6, 6.07) is 9.52. The van der Waals surface area contributed by atoms with Crippen LogP contribution < -0.4 is 10.2 Å². The highest BCUT2D eigenvalue weighted by atomic mass is 79.9. The van der Waals surface area contributed by atoms with E-state index < -0.39 is 0 Å². The van der Waals surface area contributed by atoms with Crippen molar-refractivity contribution in [2.45, 2.75) is 39.7 Å². The van der Waals surface area contributed by atoms with Gasteiger partial charge in [0.25, 0.3) is 0 Å². The molecule has 1 saturated heterocycles. The molecular weight excluding hydrogens is 418 g/mol. The average molecular weight is 446 g/mol. The number of amides is 1. The molecule has 1 amide bonds. The van der Waals surface area contributed by atoms with Gasteiger partial charge in [0, 0.05) is 54.0 Å². The molecule has 1 fully saturated rings. The molecule has 2 heterocycles. The molecular formula is C21H28BrN5O. The fraction of sp³-hybridized carbons (Fsp3) is 0.476. The summed E-state index contributed by atoms with van der Waals surface area (Å²) in [5.41, 5.74) is 1.81. The van der Waals surface area contributed by atoms with Gasteiger partial charge in [0.05, 0.1) is 6.04 Å². The molecule has 0 unspecified atom stereocenters. The normalized spacial score (nSPS) is 16.3. The zero-order valence-electron chi connectivity index (χ0n) is 16.9. The summed E-state index contributed by atoms with van der Waals surface area (Å²) in [7, 11) is 0. The van der Waals surface area contributed by atoms with Gasteiger partial charge in [-0.25, -0.2) is 9.97 Å². The van der Waals surface area contributed by atoms with E-state index in [1.54, 1.807) is 0 Å². The van der Waals surface area contributed by atoms with E-state index in [-0.39, 0.29) is 11.9 Å². The predicted molar refractivity (Wildman–Crippen MR) is 117 cm³/mol. The van der Waals surface area contributed by atoms with Crippen molar-refractivity contribution in [3.8, 4) is 0 Å². The number of benzene rings is 1. The van der Waals surface area contributed by atoms with Crippen LogP contribution in [0.2, 0.25) is 0 Å². The van der Waals surface area contributed by atoms with Gasteiger partial charge in [-0.3, -0.25) is 9.69 Å². The number of rotatable bonds is 5. The zero-order chi connectivity index (χ0) is 20.3. The molecule has 28 heavy (non-hydrogen) atoms. The molecule has 7 heteroatoms. The van der Waals surface area contributed by atoms with Crippen LogP contribution in [0.25, 0.3) is 0 Å². The predicted octanol–water partition coefficient (Wildman–Crippen LogP) is 3.82. The van der Waals surface area contributed by atoms with Gasteiger partial charge >= 0.3 is 0 Å². The number of carbonyl (C=O) groups is 1. The van der Waals surface area contributed by atoms with Crippen LogP contribution in [-0.2, 0) is 4.79 Å². The van der Waals surface area contributed by atoms with Crippen molar-refractivity contribution in [2.75, 3.05) is 36.4 Å². The number of hydrogen-bond donors (Lipinski definition) is 1. The van der Waals surface area contributed by atoms with E-state index in [0.29, 0.717) is 5.92 Å². The molecule has 0 spiro atoms. The molecule has 2 aromatic rings. The van der Waals surface area contributed by atoms with Gasteiger partial charge in [-0.1, -0.05) is 29.8 Å². The standard InChI is InChI=1S/C21H28BrN5O/c1-14(2)20-23-15(3)13-19(25-20)27-11-9-26(10-12-27)16(4)21(28)24-18-7-5-17(22)6-8-18/h5-8,13-14,16H,9-12H2,1-4H3,(H,24,28)/t16-/m1/s1. The monoisotopic (exact) mass is 445 g/mol. The van der Waals surface area contributed by atoms with Gasteiger partial charge in [-0.2, -0.15) is 0 Å². The van der Waals surface area contributed by atoms with E-state index >= 15 is 0 Å². The smallest absolute Gasteiger partial charge is 0.241 e. The largest absolute Gasteiger partial charge is 0.354 e. The van der Waals surface area contributed by atoms with Crippen molar-refractivity contribution in [1.82, 2.24) is 14.9 Å². The van der Waals surface area contributed by atoms with Crippen LogP contribution in [0.15, 0.2) is 34.8 Å². The maximum absolute atomic E-state index is 12.6. The van der Waals surface area contributed by atoms with Crippen LogP contribution >= 0.6 is 15.9 Å². The van der Waals surface area contributed by atoms with E-state index in [1.807, 2.05) is 44.2 Å². The second-order valence-electron chi connectivity index (χ2n) is 7.58. The Morgan fingerprint density at radius 2 is 1.71 bits per heavy atom. The number of aryl methyl sites for hydroxylation is 1. The van der Waals surface area contributed by atoms with Crippen LogP contribution in [0.3, 0.4) is 0 Å². The third-order valence-electron chi connectivity index (χ3n) is 5.05. The van der Waals surface area contributed by atoms with Crippen molar-refractivity contribution < 1.29 is 4.79 Å². The van der Waals surface area contributed by atoms with Crippen molar-refractivity contribution >= 4 is 33.3 Å². The summed E-state index contributed by atoms with van der Waals surface area (Å²) in [5.74, 6) is 2.21. The number of hydrogen-bond acceptors (Lipinski definition) is 5. The number of carbonyl (C=O) groups excluding carboxylic acids is 1. The van der Waals surface area contributed by atoms with Crippen LogP contribution in [0, 0.1) is 6.92 Å². The molecule has 1 atom stereocenters. The van der Waals surface area contributed by atoms with Crippen molar-refractivity contribution in [1.29, 1.82) is 0 Å². The maximum atomic E-state index is 12.6. The van der Waals surface area contributed by atoms with Gasteiger partial charge in [0.2, 0.25) is 5.91 Å². The Kier molecular flexibility index (Phi) is 6.67. The van der Waals surface area contributed by atoms with Crippen LogP contribution in [0.5, 0.6) is 0 Å². The summed E-state index contributed by atoms with van der Waals surface area (Å²) in [4.78, 5) is 26.4. The molecule has 1 aliphatic heterocycles.